The van der Waals surface area contributed by atoms with E-state index in [2.05, 4.69) is 10.3 Å². The minimum atomic E-state index is -0.203. The Morgan fingerprint density at radius 2 is 2.12 bits per heavy atom. The zero-order valence-electron chi connectivity index (χ0n) is 12.8. The molecule has 2 aromatic rings. The molecule has 0 spiro atoms. The van der Waals surface area contributed by atoms with Crippen molar-refractivity contribution in [3.8, 4) is 0 Å². The Hall–Kier alpha value is -1.74. The van der Waals surface area contributed by atoms with Gasteiger partial charge in [0.1, 0.15) is 4.32 Å². The standard InChI is InChI=1S/C16H12ClN3O2S3/c17-11-3-1-10(2-4-11)9-12-14(22)20(16(23)25-12)7-5-13(21)19-15-18-6-8-24-15/h1-4,6,8-9H,5,7H2,(H,18,19,21)/b12-9-. The van der Waals surface area contributed by atoms with E-state index in [-0.39, 0.29) is 24.8 Å². The van der Waals surface area contributed by atoms with Gasteiger partial charge >= 0.3 is 0 Å². The van der Waals surface area contributed by atoms with Crippen LogP contribution in [0.4, 0.5) is 5.13 Å². The summed E-state index contributed by atoms with van der Waals surface area (Å²) in [5.74, 6) is -0.391. The number of rotatable bonds is 5. The van der Waals surface area contributed by atoms with Crippen LogP contribution >= 0.6 is 46.9 Å². The van der Waals surface area contributed by atoms with Crippen molar-refractivity contribution >= 4 is 74.3 Å². The number of halogens is 1. The molecule has 1 aromatic carbocycles. The molecule has 0 aliphatic carbocycles. The first-order valence-electron chi connectivity index (χ1n) is 7.23. The SMILES string of the molecule is O=C(CCN1C(=O)/C(=C/c2ccc(Cl)cc2)SC1=S)Nc1nccs1. The van der Waals surface area contributed by atoms with E-state index in [4.69, 9.17) is 23.8 Å². The number of nitrogens with zero attached hydrogens (tertiary/aromatic N) is 2. The second-order valence-corrected chi connectivity index (χ2v) is 8.03. The van der Waals surface area contributed by atoms with Gasteiger partial charge in [0.2, 0.25) is 5.91 Å². The number of aromatic nitrogens is 1. The van der Waals surface area contributed by atoms with E-state index in [1.165, 1.54) is 28.0 Å². The first-order chi connectivity index (χ1) is 12.0. The van der Waals surface area contributed by atoms with Gasteiger partial charge in [0.25, 0.3) is 5.91 Å². The van der Waals surface area contributed by atoms with Crippen LogP contribution in [0.5, 0.6) is 0 Å². The summed E-state index contributed by atoms with van der Waals surface area (Å²) in [7, 11) is 0. The fourth-order valence-electron chi connectivity index (χ4n) is 2.08. The first-order valence-corrected chi connectivity index (χ1v) is 9.71. The number of hydrogen-bond acceptors (Lipinski definition) is 6. The second kappa shape index (κ2) is 8.09. The number of thiocarbonyl (C=S) groups is 1. The molecule has 1 aromatic heterocycles. The maximum absolute atomic E-state index is 12.5. The first kappa shape index (κ1) is 18.1. The van der Waals surface area contributed by atoms with Crippen molar-refractivity contribution in [1.29, 1.82) is 0 Å². The Morgan fingerprint density at radius 1 is 1.36 bits per heavy atom. The molecule has 2 heterocycles. The molecule has 1 aliphatic heterocycles. The summed E-state index contributed by atoms with van der Waals surface area (Å²) in [6.45, 7) is 0.236. The molecule has 0 radical (unpaired) electrons. The summed E-state index contributed by atoms with van der Waals surface area (Å²) in [6, 6.07) is 7.18. The summed E-state index contributed by atoms with van der Waals surface area (Å²) in [4.78, 5) is 30.4. The number of carbonyl (C=O) groups excluding carboxylic acids is 2. The van der Waals surface area contributed by atoms with Crippen LogP contribution in [-0.4, -0.2) is 32.6 Å². The summed E-state index contributed by atoms with van der Waals surface area (Å²) >= 11 is 13.7. The predicted octanol–water partition coefficient (Wildman–Crippen LogP) is 4.03. The molecule has 1 aliphatic rings. The highest BCUT2D eigenvalue weighted by Gasteiger charge is 2.32. The van der Waals surface area contributed by atoms with Crippen LogP contribution < -0.4 is 5.32 Å². The fraction of sp³-hybridized carbons (Fsp3) is 0.125. The van der Waals surface area contributed by atoms with Gasteiger partial charge < -0.3 is 5.32 Å². The minimum absolute atomic E-state index is 0.153. The quantitative estimate of drug-likeness (QED) is 0.596. The van der Waals surface area contributed by atoms with Crippen LogP contribution in [0.1, 0.15) is 12.0 Å². The molecule has 1 fully saturated rings. The van der Waals surface area contributed by atoms with Crippen molar-refractivity contribution in [3.05, 3.63) is 51.3 Å². The lowest BCUT2D eigenvalue weighted by Crippen LogP contribution is -2.31. The number of thiazole rings is 1. The zero-order chi connectivity index (χ0) is 17.8. The lowest BCUT2D eigenvalue weighted by molar-refractivity contribution is -0.122. The maximum Gasteiger partial charge on any atom is 0.266 e. The van der Waals surface area contributed by atoms with Crippen LogP contribution in [0.15, 0.2) is 40.7 Å². The summed E-state index contributed by atoms with van der Waals surface area (Å²) in [5, 5.41) is 5.64. The van der Waals surface area contributed by atoms with Crippen molar-refractivity contribution in [2.45, 2.75) is 6.42 Å². The molecule has 9 heteroatoms. The molecule has 25 heavy (non-hydrogen) atoms. The maximum atomic E-state index is 12.5. The Balaban J connectivity index is 1.61. The smallest absolute Gasteiger partial charge is 0.266 e. The van der Waals surface area contributed by atoms with Crippen molar-refractivity contribution in [2.75, 3.05) is 11.9 Å². The van der Waals surface area contributed by atoms with E-state index >= 15 is 0 Å². The Labute approximate surface area is 163 Å². The lowest BCUT2D eigenvalue weighted by atomic mass is 10.2. The third kappa shape index (κ3) is 4.66. The van der Waals surface area contributed by atoms with E-state index in [1.54, 1.807) is 29.8 Å². The molecule has 1 saturated heterocycles. The molecule has 0 unspecified atom stereocenters. The van der Waals surface area contributed by atoms with Crippen LogP contribution in [0.25, 0.3) is 6.08 Å². The van der Waals surface area contributed by atoms with E-state index in [9.17, 15) is 9.59 Å². The molecule has 0 saturated carbocycles. The average molecular weight is 410 g/mol. The number of thioether (sulfide) groups is 1. The summed E-state index contributed by atoms with van der Waals surface area (Å²) in [6.07, 6.45) is 3.54. The van der Waals surface area contributed by atoms with Crippen molar-refractivity contribution < 1.29 is 9.59 Å². The van der Waals surface area contributed by atoms with E-state index in [0.29, 0.717) is 19.4 Å². The van der Waals surface area contributed by atoms with Gasteiger partial charge in [-0.25, -0.2) is 4.98 Å². The van der Waals surface area contributed by atoms with Gasteiger partial charge in [-0.3, -0.25) is 14.5 Å². The number of amides is 2. The molecule has 2 amide bonds. The monoisotopic (exact) mass is 409 g/mol. The van der Waals surface area contributed by atoms with Gasteiger partial charge in [-0.1, -0.05) is 47.7 Å². The molecule has 0 atom stereocenters. The van der Waals surface area contributed by atoms with Gasteiger partial charge in [0, 0.05) is 29.6 Å². The van der Waals surface area contributed by atoms with Gasteiger partial charge in [0.15, 0.2) is 5.13 Å². The van der Waals surface area contributed by atoms with E-state index in [1.807, 2.05) is 12.1 Å². The normalized spacial score (nSPS) is 15.9. The summed E-state index contributed by atoms with van der Waals surface area (Å²) in [5.41, 5.74) is 0.867. The largest absolute Gasteiger partial charge is 0.302 e. The highest BCUT2D eigenvalue weighted by molar-refractivity contribution is 8.26. The van der Waals surface area contributed by atoms with Crippen LogP contribution in [0, 0.1) is 0 Å². The molecule has 128 valence electrons. The number of benzene rings is 1. The topological polar surface area (TPSA) is 62.3 Å². The second-order valence-electron chi connectivity index (χ2n) is 5.02. The molecule has 3 rings (SSSR count). The average Bonchev–Trinajstić information content (AvgIpc) is 3.17. The number of carbonyl (C=O) groups is 2. The van der Waals surface area contributed by atoms with Gasteiger partial charge in [-0.15, -0.1) is 11.3 Å². The van der Waals surface area contributed by atoms with Gasteiger partial charge in [-0.2, -0.15) is 0 Å². The molecule has 1 N–H and O–H groups in total. The van der Waals surface area contributed by atoms with Crippen molar-refractivity contribution in [3.63, 3.8) is 0 Å². The Morgan fingerprint density at radius 3 is 2.80 bits per heavy atom. The zero-order valence-corrected chi connectivity index (χ0v) is 16.0. The van der Waals surface area contributed by atoms with Crippen molar-refractivity contribution in [2.24, 2.45) is 0 Å². The highest BCUT2D eigenvalue weighted by Crippen LogP contribution is 2.32. The van der Waals surface area contributed by atoms with Gasteiger partial charge in [0.05, 0.1) is 4.91 Å². The predicted molar refractivity (Wildman–Crippen MR) is 107 cm³/mol. The minimum Gasteiger partial charge on any atom is -0.302 e. The highest BCUT2D eigenvalue weighted by atomic mass is 35.5. The number of anilines is 1. The molecular formula is C16H12ClN3O2S3. The van der Waals surface area contributed by atoms with Crippen LogP contribution in [0.3, 0.4) is 0 Å². The molecular weight excluding hydrogens is 398 g/mol. The summed E-state index contributed by atoms with van der Waals surface area (Å²) < 4.78 is 0.451. The third-order valence-electron chi connectivity index (χ3n) is 3.28. The number of hydrogen-bond donors (Lipinski definition) is 1. The van der Waals surface area contributed by atoms with Gasteiger partial charge in [-0.05, 0) is 23.8 Å². The lowest BCUT2D eigenvalue weighted by Gasteiger charge is -2.13. The fourth-order valence-corrected chi connectivity index (χ4v) is 4.06. The Kier molecular flexibility index (Phi) is 5.85. The van der Waals surface area contributed by atoms with E-state index < -0.39 is 0 Å². The Bertz CT molecular complexity index is 835. The van der Waals surface area contributed by atoms with E-state index in [0.717, 1.165) is 5.56 Å². The van der Waals surface area contributed by atoms with Crippen LogP contribution in [-0.2, 0) is 9.59 Å². The molecule has 0 bridgehead atoms. The third-order valence-corrected chi connectivity index (χ3v) is 5.60. The van der Waals surface area contributed by atoms with Crippen LogP contribution in [0.2, 0.25) is 5.02 Å². The van der Waals surface area contributed by atoms with Crippen molar-refractivity contribution in [1.82, 2.24) is 9.88 Å². The number of nitrogens with one attached hydrogen (secondary N) is 1. The molecule has 5 nitrogen and oxygen atoms in total.